The lowest BCUT2D eigenvalue weighted by Gasteiger charge is -2.16. The first kappa shape index (κ1) is 26.5. The second-order valence-corrected chi connectivity index (χ2v) is 8.47. The van der Waals surface area contributed by atoms with Crippen molar-refractivity contribution in [3.63, 3.8) is 0 Å². The normalized spacial score (nSPS) is 13.4. The molecule has 4 aromatic rings. The van der Waals surface area contributed by atoms with Gasteiger partial charge in [0.2, 0.25) is 11.2 Å². The third-order valence-corrected chi connectivity index (χ3v) is 5.88. The van der Waals surface area contributed by atoms with E-state index in [9.17, 15) is 39.9 Å². The Hall–Kier alpha value is -5.57. The topological polar surface area (TPSA) is 166 Å². The van der Waals surface area contributed by atoms with Gasteiger partial charge in [0, 0.05) is 29.2 Å². The van der Waals surface area contributed by atoms with Crippen LogP contribution in [0.1, 0.15) is 11.5 Å². The number of aromatic hydroxyl groups is 5. The maximum atomic E-state index is 12.1. The molecule has 9 nitrogen and oxygen atoms in total. The molecule has 196 valence electrons. The molecule has 0 fully saturated rings. The maximum absolute atomic E-state index is 12.1. The van der Waals surface area contributed by atoms with Crippen molar-refractivity contribution in [3.05, 3.63) is 113 Å². The molecule has 0 radical (unpaired) electrons. The van der Waals surface area contributed by atoms with Crippen molar-refractivity contribution in [2.75, 3.05) is 0 Å². The number of hydrogen-bond donors (Lipinski definition) is 5. The minimum atomic E-state index is -0.888. The number of allylic oxidation sites excluding steroid dienone is 5. The van der Waals surface area contributed by atoms with E-state index in [1.165, 1.54) is 24.3 Å². The predicted octanol–water partition coefficient (Wildman–Crippen LogP) is 4.58. The van der Waals surface area contributed by atoms with Crippen LogP contribution in [-0.2, 0) is 9.59 Å². The van der Waals surface area contributed by atoms with Gasteiger partial charge in [-0.05, 0) is 42.0 Å². The van der Waals surface area contributed by atoms with Crippen LogP contribution < -0.4 is 5.43 Å². The molecule has 1 aromatic heterocycles. The first-order valence-corrected chi connectivity index (χ1v) is 11.5. The average molecular weight is 526 g/mol. The van der Waals surface area contributed by atoms with Crippen molar-refractivity contribution in [3.8, 4) is 40.1 Å². The number of carbonyl (C=O) groups is 2. The van der Waals surface area contributed by atoms with E-state index in [0.29, 0.717) is 5.57 Å². The van der Waals surface area contributed by atoms with Crippen LogP contribution in [0.25, 0.3) is 22.3 Å². The largest absolute Gasteiger partial charge is 0.508 e. The van der Waals surface area contributed by atoms with Gasteiger partial charge in [-0.1, -0.05) is 36.4 Å². The van der Waals surface area contributed by atoms with Gasteiger partial charge in [0.05, 0.1) is 0 Å². The van der Waals surface area contributed by atoms with Crippen molar-refractivity contribution < 1.29 is 39.5 Å². The molecule has 1 aliphatic rings. The van der Waals surface area contributed by atoms with Gasteiger partial charge >= 0.3 is 0 Å². The lowest BCUT2D eigenvalue weighted by molar-refractivity contribution is -0.114. The zero-order valence-electron chi connectivity index (χ0n) is 20.2. The molecule has 5 rings (SSSR count). The molecule has 3 aromatic carbocycles. The monoisotopic (exact) mass is 526 g/mol. The summed E-state index contributed by atoms with van der Waals surface area (Å²) in [6.45, 7) is 3.74. The van der Waals surface area contributed by atoms with Gasteiger partial charge < -0.3 is 29.9 Å². The smallest absolute Gasteiger partial charge is 0.238 e. The molecular weight excluding hydrogens is 504 g/mol. The minimum absolute atomic E-state index is 0.127. The number of phenolic OH excluding ortho intramolecular Hbond substituents is 4. The SMILES string of the molecule is C=CC(C1=CC(=O)C=CC1=O)c1ccccc1.O=c1c(O)c(-c2ccc(O)c(O)c2)oc2cc(O)cc(O)c12. The van der Waals surface area contributed by atoms with Crippen LogP contribution in [0, 0.1) is 0 Å². The summed E-state index contributed by atoms with van der Waals surface area (Å²) in [6.07, 6.45) is 5.68. The number of phenols is 4. The first-order chi connectivity index (χ1) is 18.6. The van der Waals surface area contributed by atoms with Crippen LogP contribution in [0.15, 0.2) is 106 Å². The van der Waals surface area contributed by atoms with Crippen molar-refractivity contribution in [2.24, 2.45) is 0 Å². The van der Waals surface area contributed by atoms with E-state index < -0.39 is 22.7 Å². The van der Waals surface area contributed by atoms with E-state index in [4.69, 9.17) is 4.42 Å². The molecule has 0 amide bonds. The zero-order valence-corrected chi connectivity index (χ0v) is 20.2. The molecule has 39 heavy (non-hydrogen) atoms. The third-order valence-electron chi connectivity index (χ3n) is 5.88. The van der Waals surface area contributed by atoms with E-state index >= 15 is 0 Å². The summed E-state index contributed by atoms with van der Waals surface area (Å²) in [5.41, 5.74) is 0.558. The second-order valence-electron chi connectivity index (χ2n) is 8.47. The van der Waals surface area contributed by atoms with E-state index in [-0.39, 0.29) is 51.3 Å². The van der Waals surface area contributed by atoms with Crippen molar-refractivity contribution in [1.29, 1.82) is 0 Å². The Labute approximate surface area is 221 Å². The van der Waals surface area contributed by atoms with Crippen LogP contribution in [0.2, 0.25) is 0 Å². The van der Waals surface area contributed by atoms with E-state index in [1.54, 1.807) is 6.08 Å². The molecule has 0 saturated heterocycles. The van der Waals surface area contributed by atoms with E-state index in [1.807, 2.05) is 30.3 Å². The van der Waals surface area contributed by atoms with Crippen molar-refractivity contribution in [2.45, 2.75) is 5.92 Å². The highest BCUT2D eigenvalue weighted by molar-refractivity contribution is 6.18. The summed E-state index contributed by atoms with van der Waals surface area (Å²) in [5.74, 6) is -3.22. The number of rotatable bonds is 4. The second kappa shape index (κ2) is 10.8. The molecule has 1 aliphatic carbocycles. The standard InChI is InChI=1S/C15H10O7.C15H12O2/c16-7-4-10(19)12-11(5-7)22-15(14(21)13(12)20)6-1-2-8(17)9(18)3-6;1-2-13(11-6-4-3-5-7-11)14-10-12(16)8-9-15(14)17/h1-5,16-19,21H;2-10,13H,1H2. The van der Waals surface area contributed by atoms with Crippen LogP contribution in [-0.4, -0.2) is 37.1 Å². The summed E-state index contributed by atoms with van der Waals surface area (Å²) in [6, 6.07) is 15.2. The fraction of sp³-hybridized carbons (Fsp3) is 0.0333. The lowest BCUT2D eigenvalue weighted by Crippen LogP contribution is -2.13. The average Bonchev–Trinajstić information content (AvgIpc) is 2.91. The first-order valence-electron chi connectivity index (χ1n) is 11.5. The molecular formula is C30H22O9. The fourth-order valence-corrected chi connectivity index (χ4v) is 4.01. The molecule has 9 heteroatoms. The molecule has 5 N–H and O–H groups in total. The molecule has 0 saturated carbocycles. The molecule has 0 aliphatic heterocycles. The van der Waals surface area contributed by atoms with Gasteiger partial charge in [-0.2, -0.15) is 0 Å². The molecule has 1 atom stereocenters. The third kappa shape index (κ3) is 5.42. The van der Waals surface area contributed by atoms with Gasteiger partial charge in [-0.25, -0.2) is 0 Å². The van der Waals surface area contributed by atoms with Gasteiger partial charge in [-0.15, -0.1) is 6.58 Å². The summed E-state index contributed by atoms with van der Waals surface area (Å²) < 4.78 is 5.35. The highest BCUT2D eigenvalue weighted by Crippen LogP contribution is 2.37. The van der Waals surface area contributed by atoms with Crippen LogP contribution in [0.4, 0.5) is 0 Å². The summed E-state index contributed by atoms with van der Waals surface area (Å²) >= 11 is 0. The highest BCUT2D eigenvalue weighted by atomic mass is 16.4. The van der Waals surface area contributed by atoms with Crippen LogP contribution in [0.5, 0.6) is 28.7 Å². The van der Waals surface area contributed by atoms with Gasteiger partial charge in [0.1, 0.15) is 22.5 Å². The van der Waals surface area contributed by atoms with Gasteiger partial charge in [-0.3, -0.25) is 14.4 Å². The highest BCUT2D eigenvalue weighted by Gasteiger charge is 2.22. The Morgan fingerprint density at radius 3 is 2.18 bits per heavy atom. The van der Waals surface area contributed by atoms with Crippen molar-refractivity contribution in [1.82, 2.24) is 0 Å². The fourth-order valence-electron chi connectivity index (χ4n) is 4.01. The Kier molecular flexibility index (Phi) is 7.35. The maximum Gasteiger partial charge on any atom is 0.238 e. The predicted molar refractivity (Wildman–Crippen MR) is 143 cm³/mol. The van der Waals surface area contributed by atoms with Crippen LogP contribution in [0.3, 0.4) is 0 Å². The number of fused-ring (bicyclic) bond motifs is 1. The lowest BCUT2D eigenvalue weighted by atomic mass is 9.86. The summed E-state index contributed by atoms with van der Waals surface area (Å²) in [4.78, 5) is 35.2. The van der Waals surface area contributed by atoms with Gasteiger partial charge in [0.15, 0.2) is 28.8 Å². The number of hydrogen-bond acceptors (Lipinski definition) is 9. The molecule has 0 spiro atoms. The Morgan fingerprint density at radius 2 is 1.51 bits per heavy atom. The van der Waals surface area contributed by atoms with Crippen LogP contribution >= 0.6 is 0 Å². The Balaban J connectivity index is 0.000000187. The Bertz CT molecular complexity index is 1730. The number of ketones is 2. The Morgan fingerprint density at radius 1 is 0.795 bits per heavy atom. The van der Waals surface area contributed by atoms with E-state index in [2.05, 4.69) is 6.58 Å². The quantitative estimate of drug-likeness (QED) is 0.145. The zero-order chi connectivity index (χ0) is 28.3. The summed E-state index contributed by atoms with van der Waals surface area (Å²) in [5, 5.41) is 47.6. The number of benzene rings is 3. The summed E-state index contributed by atoms with van der Waals surface area (Å²) in [7, 11) is 0. The number of carbonyl (C=O) groups excluding carboxylic acids is 2. The minimum Gasteiger partial charge on any atom is -0.508 e. The molecule has 0 bridgehead atoms. The van der Waals surface area contributed by atoms with Gasteiger partial charge in [0.25, 0.3) is 0 Å². The van der Waals surface area contributed by atoms with E-state index in [0.717, 1.165) is 29.8 Å². The molecule has 1 heterocycles. The molecule has 1 unspecified atom stereocenters. The van der Waals surface area contributed by atoms with Crippen molar-refractivity contribution >= 4 is 22.5 Å².